The molecular weight excluding hydrogens is 415 g/mol. The summed E-state index contributed by atoms with van der Waals surface area (Å²) in [5, 5.41) is 0.706. The van der Waals surface area contributed by atoms with E-state index in [2.05, 4.69) is 15.9 Å². The molecule has 0 aliphatic carbocycles. The highest BCUT2D eigenvalue weighted by Gasteiger charge is 2.40. The summed E-state index contributed by atoms with van der Waals surface area (Å²) in [6, 6.07) is 11.6. The Labute approximate surface area is 157 Å². The van der Waals surface area contributed by atoms with Crippen LogP contribution in [0.2, 0.25) is 10.0 Å². The summed E-state index contributed by atoms with van der Waals surface area (Å²) >= 11 is 15.3. The molecule has 1 heterocycles. The molecule has 3 amide bonds. The second kappa shape index (κ2) is 6.59. The Bertz CT molecular complexity index is 845. The summed E-state index contributed by atoms with van der Waals surface area (Å²) in [6.45, 7) is 0. The van der Waals surface area contributed by atoms with Gasteiger partial charge in [-0.1, -0.05) is 51.3 Å². The molecule has 0 saturated carbocycles. The number of hydrogen-bond acceptors (Lipinski definition) is 2. The number of amides is 3. The number of hydrogen-bond donors (Lipinski definition) is 0. The van der Waals surface area contributed by atoms with E-state index in [4.69, 9.17) is 23.2 Å². The summed E-state index contributed by atoms with van der Waals surface area (Å²) in [7, 11) is 1.55. The van der Waals surface area contributed by atoms with Crippen molar-refractivity contribution in [3.8, 4) is 0 Å². The van der Waals surface area contributed by atoms with Crippen molar-refractivity contribution in [1.82, 2.24) is 4.90 Å². The van der Waals surface area contributed by atoms with Crippen LogP contribution in [-0.4, -0.2) is 23.9 Å². The molecule has 1 aliphatic rings. The molecule has 122 valence electrons. The lowest BCUT2D eigenvalue weighted by molar-refractivity contribution is -0.114. The van der Waals surface area contributed by atoms with Gasteiger partial charge in [0.1, 0.15) is 5.70 Å². The minimum Gasteiger partial charge on any atom is -0.292 e. The van der Waals surface area contributed by atoms with Gasteiger partial charge in [-0.25, -0.2) is 9.69 Å². The average molecular weight is 426 g/mol. The molecule has 1 saturated heterocycles. The summed E-state index contributed by atoms with van der Waals surface area (Å²) in [5.74, 6) is -0.427. The molecule has 0 N–H and O–H groups in total. The number of likely N-dealkylation sites (N-methyl/N-ethyl adjacent to an activating group) is 1. The Morgan fingerprint density at radius 3 is 2.17 bits per heavy atom. The van der Waals surface area contributed by atoms with Gasteiger partial charge in [0.15, 0.2) is 0 Å². The Morgan fingerprint density at radius 1 is 1.00 bits per heavy atom. The number of carbonyl (C=O) groups is 2. The third kappa shape index (κ3) is 3.20. The fraction of sp³-hybridized carbons (Fsp3) is 0.0588. The van der Waals surface area contributed by atoms with Gasteiger partial charge < -0.3 is 0 Å². The van der Waals surface area contributed by atoms with Gasteiger partial charge in [0.2, 0.25) is 0 Å². The first-order chi connectivity index (χ1) is 11.4. The monoisotopic (exact) mass is 424 g/mol. The van der Waals surface area contributed by atoms with E-state index in [-0.39, 0.29) is 5.70 Å². The normalized spacial score (nSPS) is 16.4. The van der Waals surface area contributed by atoms with Gasteiger partial charge in [0, 0.05) is 21.6 Å². The summed E-state index contributed by atoms with van der Waals surface area (Å²) < 4.78 is 0.932. The zero-order chi connectivity index (χ0) is 17.4. The van der Waals surface area contributed by atoms with E-state index < -0.39 is 11.9 Å². The van der Waals surface area contributed by atoms with Crippen molar-refractivity contribution in [2.24, 2.45) is 0 Å². The Hall–Kier alpha value is -1.82. The van der Waals surface area contributed by atoms with Crippen LogP contribution in [0.5, 0.6) is 0 Å². The molecule has 2 aromatic carbocycles. The molecule has 0 aromatic heterocycles. The van der Waals surface area contributed by atoms with Crippen molar-refractivity contribution >= 4 is 62.8 Å². The maximum Gasteiger partial charge on any atom is 0.336 e. The number of carbonyl (C=O) groups excluding carboxylic acids is 2. The van der Waals surface area contributed by atoms with E-state index in [0.717, 1.165) is 14.9 Å². The molecule has 0 unspecified atom stereocenters. The first kappa shape index (κ1) is 17.0. The minimum atomic E-state index is -0.457. The van der Waals surface area contributed by atoms with Crippen LogP contribution in [-0.2, 0) is 4.79 Å². The van der Waals surface area contributed by atoms with Crippen LogP contribution in [0, 0.1) is 0 Å². The Kier molecular flexibility index (Phi) is 4.67. The Morgan fingerprint density at radius 2 is 1.58 bits per heavy atom. The zero-order valence-corrected chi connectivity index (χ0v) is 15.6. The number of nitrogens with zero attached hydrogens (tertiary/aromatic N) is 2. The number of rotatable bonds is 2. The van der Waals surface area contributed by atoms with Crippen LogP contribution in [0.3, 0.4) is 0 Å². The molecule has 1 fully saturated rings. The third-order valence-electron chi connectivity index (χ3n) is 3.54. The van der Waals surface area contributed by atoms with E-state index in [1.165, 1.54) is 17.0 Å². The minimum absolute atomic E-state index is 0.276. The molecule has 3 rings (SSSR count). The highest BCUT2D eigenvalue weighted by molar-refractivity contribution is 9.10. The Balaban J connectivity index is 2.01. The van der Waals surface area contributed by atoms with Crippen molar-refractivity contribution in [1.29, 1.82) is 0 Å². The lowest BCUT2D eigenvalue weighted by atomic mass is 10.2. The van der Waals surface area contributed by atoms with Gasteiger partial charge in [-0.15, -0.1) is 0 Å². The first-order valence-corrected chi connectivity index (χ1v) is 8.47. The molecule has 0 atom stereocenters. The SMILES string of the molecule is CN1C(=O)N(c2cc(Cl)cc(Cl)c2)C(=O)/C1=C/c1ccc(Br)cc1. The van der Waals surface area contributed by atoms with Gasteiger partial charge in [0.25, 0.3) is 5.91 Å². The molecule has 7 heteroatoms. The topological polar surface area (TPSA) is 40.6 Å². The van der Waals surface area contributed by atoms with Crippen LogP contribution in [0.1, 0.15) is 5.56 Å². The largest absolute Gasteiger partial charge is 0.336 e. The van der Waals surface area contributed by atoms with Gasteiger partial charge in [-0.05, 0) is 42.0 Å². The van der Waals surface area contributed by atoms with Gasteiger partial charge in [-0.2, -0.15) is 0 Å². The molecule has 0 bridgehead atoms. The number of anilines is 1. The maximum absolute atomic E-state index is 12.7. The smallest absolute Gasteiger partial charge is 0.292 e. The fourth-order valence-electron chi connectivity index (χ4n) is 2.37. The van der Waals surface area contributed by atoms with E-state index in [0.29, 0.717) is 15.7 Å². The van der Waals surface area contributed by atoms with E-state index in [1.807, 2.05) is 24.3 Å². The standard InChI is InChI=1S/C17H11BrCl2N2O2/c1-21-15(6-10-2-4-11(18)5-3-10)16(23)22(17(21)24)14-8-12(19)7-13(20)9-14/h2-9H,1H3/b15-6-. The number of imide groups is 1. The molecule has 0 spiro atoms. The average Bonchev–Trinajstić information content (AvgIpc) is 2.72. The van der Waals surface area contributed by atoms with Crippen LogP contribution in [0.15, 0.2) is 52.6 Å². The molecule has 2 aromatic rings. The first-order valence-electron chi connectivity index (χ1n) is 6.92. The zero-order valence-electron chi connectivity index (χ0n) is 12.5. The predicted molar refractivity (Wildman–Crippen MR) is 99.2 cm³/mol. The molecule has 24 heavy (non-hydrogen) atoms. The molecule has 1 aliphatic heterocycles. The van der Waals surface area contributed by atoms with Crippen LogP contribution >= 0.6 is 39.1 Å². The van der Waals surface area contributed by atoms with Gasteiger partial charge >= 0.3 is 6.03 Å². The second-order valence-electron chi connectivity index (χ2n) is 5.19. The molecule has 0 radical (unpaired) electrons. The number of urea groups is 1. The van der Waals surface area contributed by atoms with Crippen LogP contribution in [0.4, 0.5) is 10.5 Å². The van der Waals surface area contributed by atoms with E-state index >= 15 is 0 Å². The quantitative estimate of drug-likeness (QED) is 0.490. The van der Waals surface area contributed by atoms with Crippen molar-refractivity contribution < 1.29 is 9.59 Å². The van der Waals surface area contributed by atoms with Gasteiger partial charge in [-0.3, -0.25) is 9.69 Å². The molecule has 4 nitrogen and oxygen atoms in total. The summed E-state index contributed by atoms with van der Waals surface area (Å²) in [6.07, 6.45) is 1.67. The van der Waals surface area contributed by atoms with Gasteiger partial charge in [0.05, 0.1) is 5.69 Å². The van der Waals surface area contributed by atoms with Crippen molar-refractivity contribution in [2.75, 3.05) is 11.9 Å². The highest BCUT2D eigenvalue weighted by Crippen LogP contribution is 2.31. The van der Waals surface area contributed by atoms with Crippen molar-refractivity contribution in [3.63, 3.8) is 0 Å². The third-order valence-corrected chi connectivity index (χ3v) is 4.51. The van der Waals surface area contributed by atoms with Crippen LogP contribution in [0.25, 0.3) is 6.08 Å². The summed E-state index contributed by atoms with van der Waals surface area (Å²) in [4.78, 5) is 27.6. The number of halogens is 3. The lowest BCUT2D eigenvalue weighted by Crippen LogP contribution is -2.31. The summed E-state index contributed by atoms with van der Waals surface area (Å²) in [5.41, 5.74) is 1.43. The highest BCUT2D eigenvalue weighted by atomic mass is 79.9. The lowest BCUT2D eigenvalue weighted by Gasteiger charge is -2.14. The number of benzene rings is 2. The fourth-order valence-corrected chi connectivity index (χ4v) is 3.15. The predicted octanol–water partition coefficient (Wildman–Crippen LogP) is 5.20. The van der Waals surface area contributed by atoms with E-state index in [1.54, 1.807) is 19.2 Å². The van der Waals surface area contributed by atoms with Crippen molar-refractivity contribution in [2.45, 2.75) is 0 Å². The molecular formula is C17H11BrCl2N2O2. The maximum atomic E-state index is 12.7. The van der Waals surface area contributed by atoms with Crippen LogP contribution < -0.4 is 4.90 Å². The second-order valence-corrected chi connectivity index (χ2v) is 6.98. The van der Waals surface area contributed by atoms with E-state index in [9.17, 15) is 9.59 Å². The van der Waals surface area contributed by atoms with Crippen molar-refractivity contribution in [3.05, 3.63) is 68.2 Å².